The molecule has 2 heterocycles. The lowest BCUT2D eigenvalue weighted by Gasteiger charge is -2.31. The summed E-state index contributed by atoms with van der Waals surface area (Å²) in [6.07, 6.45) is 5.58. The van der Waals surface area contributed by atoms with E-state index in [1.807, 2.05) is 36.1 Å². The van der Waals surface area contributed by atoms with Crippen molar-refractivity contribution in [2.75, 3.05) is 6.54 Å². The number of amides is 1. The summed E-state index contributed by atoms with van der Waals surface area (Å²) in [5.41, 5.74) is 1.87. The Bertz CT molecular complexity index is 648. The van der Waals surface area contributed by atoms with Gasteiger partial charge in [0.15, 0.2) is 0 Å². The van der Waals surface area contributed by atoms with Crippen LogP contribution in [0.15, 0.2) is 47.1 Å². The molecule has 1 saturated heterocycles. The second-order valence-corrected chi connectivity index (χ2v) is 6.63. The number of furan rings is 1. The van der Waals surface area contributed by atoms with Crippen molar-refractivity contribution in [2.24, 2.45) is 0 Å². The molecule has 0 aliphatic carbocycles. The smallest absolute Gasteiger partial charge is 0.254 e. The standard InChI is InChI=1S/C20H25NO3/c1-15-8-10-16(11-9-15)20(23)21-12-4-2-3-6-17(21)14-18(22)19-7-5-13-24-19/h5,7-11,13,17-18,22H,2-4,6,12,14H2,1H3. The number of nitrogens with zero attached hydrogens (tertiary/aromatic N) is 1. The van der Waals surface area contributed by atoms with Gasteiger partial charge in [-0.05, 0) is 44.0 Å². The molecule has 1 aromatic heterocycles. The highest BCUT2D eigenvalue weighted by Crippen LogP contribution is 2.27. The van der Waals surface area contributed by atoms with E-state index in [1.165, 1.54) is 0 Å². The SMILES string of the molecule is Cc1ccc(C(=O)N2CCCCCC2CC(O)c2ccco2)cc1. The molecule has 1 N–H and O–H groups in total. The van der Waals surface area contributed by atoms with Crippen molar-refractivity contribution in [1.29, 1.82) is 0 Å². The molecule has 1 fully saturated rings. The molecule has 4 heteroatoms. The first-order valence-corrected chi connectivity index (χ1v) is 8.74. The second-order valence-electron chi connectivity index (χ2n) is 6.63. The Balaban J connectivity index is 1.76. The first-order chi connectivity index (χ1) is 11.6. The van der Waals surface area contributed by atoms with E-state index in [9.17, 15) is 9.90 Å². The zero-order valence-corrected chi connectivity index (χ0v) is 14.1. The van der Waals surface area contributed by atoms with E-state index in [4.69, 9.17) is 4.42 Å². The van der Waals surface area contributed by atoms with Crippen molar-refractivity contribution in [3.63, 3.8) is 0 Å². The Hall–Kier alpha value is -2.07. The summed E-state index contributed by atoms with van der Waals surface area (Å²) in [7, 11) is 0. The molecular formula is C20H25NO3. The van der Waals surface area contributed by atoms with E-state index in [1.54, 1.807) is 18.4 Å². The van der Waals surface area contributed by atoms with E-state index in [0.29, 0.717) is 12.2 Å². The van der Waals surface area contributed by atoms with Crippen molar-refractivity contribution < 1.29 is 14.3 Å². The van der Waals surface area contributed by atoms with Gasteiger partial charge in [-0.3, -0.25) is 4.79 Å². The lowest BCUT2D eigenvalue weighted by molar-refractivity contribution is 0.0557. The lowest BCUT2D eigenvalue weighted by Crippen LogP contribution is -2.40. The molecule has 1 amide bonds. The summed E-state index contributed by atoms with van der Waals surface area (Å²) in [6.45, 7) is 2.77. The van der Waals surface area contributed by atoms with Gasteiger partial charge in [-0.15, -0.1) is 0 Å². The number of rotatable bonds is 4. The van der Waals surface area contributed by atoms with Gasteiger partial charge < -0.3 is 14.4 Å². The van der Waals surface area contributed by atoms with Gasteiger partial charge in [0.05, 0.1) is 6.26 Å². The fourth-order valence-electron chi connectivity index (χ4n) is 3.41. The third kappa shape index (κ3) is 3.88. The van der Waals surface area contributed by atoms with Crippen molar-refractivity contribution in [3.8, 4) is 0 Å². The van der Waals surface area contributed by atoms with E-state index in [2.05, 4.69) is 0 Å². The Morgan fingerprint density at radius 2 is 2.04 bits per heavy atom. The number of benzene rings is 1. The summed E-state index contributed by atoms with van der Waals surface area (Å²) in [6, 6.07) is 11.3. The van der Waals surface area contributed by atoms with Crippen LogP contribution in [0.4, 0.5) is 0 Å². The maximum absolute atomic E-state index is 13.0. The molecule has 24 heavy (non-hydrogen) atoms. The predicted molar refractivity (Wildman–Crippen MR) is 92.8 cm³/mol. The van der Waals surface area contributed by atoms with Gasteiger partial charge in [-0.1, -0.05) is 30.5 Å². The maximum Gasteiger partial charge on any atom is 0.254 e. The summed E-state index contributed by atoms with van der Waals surface area (Å²) in [5, 5.41) is 10.4. The van der Waals surface area contributed by atoms with Crippen LogP contribution in [-0.2, 0) is 0 Å². The van der Waals surface area contributed by atoms with Gasteiger partial charge >= 0.3 is 0 Å². The molecule has 128 valence electrons. The van der Waals surface area contributed by atoms with Gasteiger partial charge in [-0.25, -0.2) is 0 Å². The van der Waals surface area contributed by atoms with Crippen LogP contribution in [0.1, 0.15) is 59.9 Å². The monoisotopic (exact) mass is 327 g/mol. The van der Waals surface area contributed by atoms with Crippen LogP contribution in [-0.4, -0.2) is 28.5 Å². The highest BCUT2D eigenvalue weighted by molar-refractivity contribution is 5.94. The number of hydrogen-bond donors (Lipinski definition) is 1. The lowest BCUT2D eigenvalue weighted by atomic mass is 10.0. The molecular weight excluding hydrogens is 302 g/mol. The van der Waals surface area contributed by atoms with Crippen LogP contribution < -0.4 is 0 Å². The largest absolute Gasteiger partial charge is 0.467 e. The maximum atomic E-state index is 13.0. The third-order valence-electron chi connectivity index (χ3n) is 4.80. The molecule has 2 unspecified atom stereocenters. The molecule has 4 nitrogen and oxygen atoms in total. The van der Waals surface area contributed by atoms with Gasteiger partial charge in [0, 0.05) is 24.6 Å². The normalized spacial score (nSPS) is 19.8. The Morgan fingerprint density at radius 3 is 2.75 bits per heavy atom. The van der Waals surface area contributed by atoms with Gasteiger partial charge in [0.25, 0.3) is 5.91 Å². The quantitative estimate of drug-likeness (QED) is 0.920. The molecule has 0 bridgehead atoms. The topological polar surface area (TPSA) is 53.7 Å². The van der Waals surface area contributed by atoms with Crippen molar-refractivity contribution >= 4 is 5.91 Å². The Morgan fingerprint density at radius 1 is 1.25 bits per heavy atom. The fraction of sp³-hybridized carbons (Fsp3) is 0.450. The Labute approximate surface area is 143 Å². The number of aryl methyl sites for hydroxylation is 1. The van der Waals surface area contributed by atoms with Crippen LogP contribution in [0, 0.1) is 6.92 Å². The van der Waals surface area contributed by atoms with Crippen LogP contribution in [0.5, 0.6) is 0 Å². The van der Waals surface area contributed by atoms with Crippen molar-refractivity contribution in [2.45, 2.75) is 51.2 Å². The average molecular weight is 327 g/mol. The highest BCUT2D eigenvalue weighted by Gasteiger charge is 2.29. The van der Waals surface area contributed by atoms with E-state index < -0.39 is 6.10 Å². The zero-order valence-electron chi connectivity index (χ0n) is 14.1. The number of carbonyl (C=O) groups is 1. The van der Waals surface area contributed by atoms with E-state index in [0.717, 1.165) is 43.4 Å². The molecule has 0 saturated carbocycles. The minimum atomic E-state index is -0.670. The molecule has 0 radical (unpaired) electrons. The van der Waals surface area contributed by atoms with E-state index in [-0.39, 0.29) is 11.9 Å². The molecule has 1 aliphatic rings. The van der Waals surface area contributed by atoms with Gasteiger partial charge in [0.2, 0.25) is 0 Å². The van der Waals surface area contributed by atoms with Crippen LogP contribution in [0.25, 0.3) is 0 Å². The molecule has 2 aromatic rings. The molecule has 3 rings (SSSR count). The van der Waals surface area contributed by atoms with Crippen molar-refractivity contribution in [3.05, 3.63) is 59.5 Å². The minimum Gasteiger partial charge on any atom is -0.467 e. The first-order valence-electron chi connectivity index (χ1n) is 8.74. The zero-order chi connectivity index (χ0) is 16.9. The molecule has 2 atom stereocenters. The van der Waals surface area contributed by atoms with E-state index >= 15 is 0 Å². The number of likely N-dealkylation sites (tertiary alicyclic amines) is 1. The summed E-state index contributed by atoms with van der Waals surface area (Å²) in [5.74, 6) is 0.635. The fourth-order valence-corrected chi connectivity index (χ4v) is 3.41. The second kappa shape index (κ2) is 7.67. The molecule has 1 aromatic carbocycles. The number of hydrogen-bond acceptors (Lipinski definition) is 3. The molecule has 1 aliphatic heterocycles. The number of aliphatic hydroxyl groups excluding tert-OH is 1. The van der Waals surface area contributed by atoms with Crippen LogP contribution in [0.3, 0.4) is 0 Å². The first kappa shape index (κ1) is 16.8. The van der Waals surface area contributed by atoms with Crippen LogP contribution in [0.2, 0.25) is 0 Å². The van der Waals surface area contributed by atoms with Crippen molar-refractivity contribution in [1.82, 2.24) is 4.90 Å². The number of aliphatic hydroxyl groups is 1. The predicted octanol–water partition coefficient (Wildman–Crippen LogP) is 4.10. The Kier molecular flexibility index (Phi) is 5.36. The van der Waals surface area contributed by atoms with Gasteiger partial charge in [-0.2, -0.15) is 0 Å². The minimum absolute atomic E-state index is 0.0430. The highest BCUT2D eigenvalue weighted by atomic mass is 16.4. The third-order valence-corrected chi connectivity index (χ3v) is 4.80. The van der Waals surface area contributed by atoms with Gasteiger partial charge in [0.1, 0.15) is 11.9 Å². The summed E-state index contributed by atoms with van der Waals surface area (Å²) in [4.78, 5) is 14.9. The van der Waals surface area contributed by atoms with Crippen LogP contribution >= 0.6 is 0 Å². The molecule has 0 spiro atoms. The summed E-state index contributed by atoms with van der Waals surface area (Å²) < 4.78 is 5.31. The average Bonchev–Trinajstić information content (AvgIpc) is 3.03. The summed E-state index contributed by atoms with van der Waals surface area (Å²) >= 11 is 0. The number of carbonyl (C=O) groups excluding carboxylic acids is 1.